The predicted octanol–water partition coefficient (Wildman–Crippen LogP) is 1.35. The van der Waals surface area contributed by atoms with E-state index in [-0.39, 0.29) is 19.6 Å². The van der Waals surface area contributed by atoms with Crippen LogP contribution < -0.4 is 4.74 Å². The molecule has 0 heterocycles. The van der Waals surface area contributed by atoms with Crippen molar-refractivity contribution in [1.29, 1.82) is 0 Å². The summed E-state index contributed by atoms with van der Waals surface area (Å²) in [7, 11) is 1.47. The van der Waals surface area contributed by atoms with E-state index in [1.54, 1.807) is 0 Å². The van der Waals surface area contributed by atoms with Crippen LogP contribution in [0.4, 0.5) is 4.39 Å². The molecule has 0 aromatic heterocycles. The Bertz CT molecular complexity index is 468. The molecule has 0 bridgehead atoms. The number of hydrogen-bond acceptors (Lipinski definition) is 3. The molecule has 18 heavy (non-hydrogen) atoms. The van der Waals surface area contributed by atoms with Crippen molar-refractivity contribution in [3.8, 4) is 18.1 Å². The molecule has 0 fully saturated rings. The Balaban J connectivity index is 2.88. The van der Waals surface area contributed by atoms with Crippen LogP contribution in [0.3, 0.4) is 0 Å². The van der Waals surface area contributed by atoms with Gasteiger partial charge in [0.15, 0.2) is 0 Å². The summed E-state index contributed by atoms with van der Waals surface area (Å²) in [6, 6.07) is 4.09. The molecule has 0 atom stereocenters. The number of aliphatic carboxylic acids is 1. The quantitative estimate of drug-likeness (QED) is 0.775. The van der Waals surface area contributed by atoms with Gasteiger partial charge in [-0.15, -0.1) is 6.42 Å². The standard InChI is InChI=1S/C13H14FNO3/c1-3-6-15(9-13(16)17)8-10-7-11(14)4-5-12(10)18-2/h1,4-5,7H,6,8-9H2,2H3,(H,16,17). The van der Waals surface area contributed by atoms with E-state index in [4.69, 9.17) is 16.3 Å². The second kappa shape index (κ2) is 6.62. The van der Waals surface area contributed by atoms with Crippen LogP contribution in [0.15, 0.2) is 18.2 Å². The average molecular weight is 251 g/mol. The molecule has 0 aliphatic heterocycles. The fourth-order valence-corrected chi connectivity index (χ4v) is 1.60. The molecule has 0 unspecified atom stereocenters. The zero-order chi connectivity index (χ0) is 13.5. The number of carboxylic acids is 1. The van der Waals surface area contributed by atoms with E-state index in [0.29, 0.717) is 11.3 Å². The Hall–Kier alpha value is -2.06. The Labute approximate surface area is 105 Å². The highest BCUT2D eigenvalue weighted by molar-refractivity contribution is 5.69. The molecule has 0 saturated heterocycles. The molecule has 96 valence electrons. The van der Waals surface area contributed by atoms with Gasteiger partial charge in [0.25, 0.3) is 0 Å². The van der Waals surface area contributed by atoms with E-state index in [1.165, 1.54) is 30.2 Å². The Kier molecular flexibility index (Phi) is 5.15. The molecule has 1 aromatic carbocycles. The summed E-state index contributed by atoms with van der Waals surface area (Å²) in [6.07, 6.45) is 5.17. The van der Waals surface area contributed by atoms with Gasteiger partial charge < -0.3 is 9.84 Å². The SMILES string of the molecule is C#CCN(CC(=O)O)Cc1cc(F)ccc1OC. The number of carboxylic acid groups (broad SMARTS) is 1. The van der Waals surface area contributed by atoms with Crippen LogP contribution in [0.5, 0.6) is 5.75 Å². The van der Waals surface area contributed by atoms with Gasteiger partial charge in [-0.25, -0.2) is 4.39 Å². The van der Waals surface area contributed by atoms with E-state index in [9.17, 15) is 9.18 Å². The van der Waals surface area contributed by atoms with Crippen molar-refractivity contribution in [3.63, 3.8) is 0 Å². The molecular weight excluding hydrogens is 237 g/mol. The van der Waals surface area contributed by atoms with E-state index in [1.807, 2.05) is 0 Å². The van der Waals surface area contributed by atoms with Gasteiger partial charge in [-0.3, -0.25) is 9.69 Å². The number of benzene rings is 1. The second-order valence-electron chi connectivity index (χ2n) is 3.70. The largest absolute Gasteiger partial charge is 0.496 e. The van der Waals surface area contributed by atoms with E-state index in [0.717, 1.165) is 0 Å². The first-order chi connectivity index (χ1) is 8.56. The third kappa shape index (κ3) is 4.07. The van der Waals surface area contributed by atoms with Crippen molar-refractivity contribution in [2.45, 2.75) is 6.54 Å². The first-order valence-electron chi connectivity index (χ1n) is 5.27. The van der Waals surface area contributed by atoms with Crippen LogP contribution in [0.1, 0.15) is 5.56 Å². The van der Waals surface area contributed by atoms with Gasteiger partial charge >= 0.3 is 5.97 Å². The predicted molar refractivity (Wildman–Crippen MR) is 64.7 cm³/mol. The normalized spacial score (nSPS) is 10.1. The lowest BCUT2D eigenvalue weighted by Crippen LogP contribution is -2.29. The molecule has 0 aliphatic rings. The molecule has 5 heteroatoms. The first-order valence-corrected chi connectivity index (χ1v) is 5.27. The zero-order valence-electron chi connectivity index (χ0n) is 10.0. The van der Waals surface area contributed by atoms with Crippen LogP contribution >= 0.6 is 0 Å². The lowest BCUT2D eigenvalue weighted by Gasteiger charge is -2.19. The first kappa shape index (κ1) is 14.0. The lowest BCUT2D eigenvalue weighted by molar-refractivity contribution is -0.138. The van der Waals surface area contributed by atoms with Gasteiger partial charge in [-0.05, 0) is 18.2 Å². The Morgan fingerprint density at radius 2 is 2.33 bits per heavy atom. The molecule has 1 N–H and O–H groups in total. The molecular formula is C13H14FNO3. The summed E-state index contributed by atoms with van der Waals surface area (Å²) >= 11 is 0. The topological polar surface area (TPSA) is 49.8 Å². The summed E-state index contributed by atoms with van der Waals surface area (Å²) in [5.74, 6) is 1.49. The van der Waals surface area contributed by atoms with E-state index >= 15 is 0 Å². The molecule has 4 nitrogen and oxygen atoms in total. The summed E-state index contributed by atoms with van der Waals surface area (Å²) in [4.78, 5) is 12.2. The minimum absolute atomic E-state index is 0.173. The van der Waals surface area contributed by atoms with Crippen LogP contribution in [-0.4, -0.2) is 36.2 Å². The molecule has 0 radical (unpaired) electrons. The van der Waals surface area contributed by atoms with Gasteiger partial charge in [0.2, 0.25) is 0 Å². The van der Waals surface area contributed by atoms with Crippen molar-refractivity contribution in [2.75, 3.05) is 20.2 Å². The third-order valence-corrected chi connectivity index (χ3v) is 2.31. The maximum absolute atomic E-state index is 13.2. The fraction of sp³-hybridized carbons (Fsp3) is 0.308. The van der Waals surface area contributed by atoms with Crippen molar-refractivity contribution in [3.05, 3.63) is 29.6 Å². The highest BCUT2D eigenvalue weighted by atomic mass is 19.1. The maximum Gasteiger partial charge on any atom is 0.317 e. The smallest absolute Gasteiger partial charge is 0.317 e. The summed E-state index contributed by atoms with van der Waals surface area (Å²) in [5.41, 5.74) is 0.564. The Morgan fingerprint density at radius 1 is 1.61 bits per heavy atom. The summed E-state index contributed by atoms with van der Waals surface area (Å²) in [5, 5.41) is 8.75. The Morgan fingerprint density at radius 3 is 2.89 bits per heavy atom. The van der Waals surface area contributed by atoms with Crippen LogP contribution in [-0.2, 0) is 11.3 Å². The van der Waals surface area contributed by atoms with Crippen LogP contribution in [0.25, 0.3) is 0 Å². The molecule has 1 rings (SSSR count). The molecule has 0 saturated carbocycles. The van der Waals surface area contributed by atoms with Crippen molar-refractivity contribution < 1.29 is 19.0 Å². The van der Waals surface area contributed by atoms with Crippen molar-refractivity contribution in [2.24, 2.45) is 0 Å². The number of hydrogen-bond donors (Lipinski definition) is 1. The third-order valence-electron chi connectivity index (χ3n) is 2.31. The number of terminal acetylenes is 1. The van der Waals surface area contributed by atoms with Gasteiger partial charge in [-0.1, -0.05) is 5.92 Å². The number of carbonyl (C=O) groups is 1. The van der Waals surface area contributed by atoms with Gasteiger partial charge in [0, 0.05) is 12.1 Å². The number of nitrogens with zero attached hydrogens (tertiary/aromatic N) is 1. The zero-order valence-corrected chi connectivity index (χ0v) is 10.0. The van der Waals surface area contributed by atoms with Crippen LogP contribution in [0.2, 0.25) is 0 Å². The van der Waals surface area contributed by atoms with Gasteiger partial charge in [-0.2, -0.15) is 0 Å². The number of halogens is 1. The van der Waals surface area contributed by atoms with Gasteiger partial charge in [0.1, 0.15) is 11.6 Å². The monoisotopic (exact) mass is 251 g/mol. The minimum Gasteiger partial charge on any atom is -0.496 e. The van der Waals surface area contributed by atoms with Crippen molar-refractivity contribution in [1.82, 2.24) is 4.90 Å². The van der Waals surface area contributed by atoms with Gasteiger partial charge in [0.05, 0.1) is 20.2 Å². The lowest BCUT2D eigenvalue weighted by atomic mass is 10.2. The maximum atomic E-state index is 13.2. The number of rotatable bonds is 6. The highest BCUT2D eigenvalue weighted by Gasteiger charge is 2.12. The van der Waals surface area contributed by atoms with Crippen molar-refractivity contribution >= 4 is 5.97 Å². The minimum atomic E-state index is -0.986. The second-order valence-corrected chi connectivity index (χ2v) is 3.70. The van der Waals surface area contributed by atoms with E-state index < -0.39 is 11.8 Å². The molecule has 0 spiro atoms. The van der Waals surface area contributed by atoms with E-state index in [2.05, 4.69) is 5.92 Å². The number of methoxy groups -OCH3 is 1. The highest BCUT2D eigenvalue weighted by Crippen LogP contribution is 2.20. The number of ether oxygens (including phenoxy) is 1. The molecule has 0 amide bonds. The summed E-state index contributed by atoms with van der Waals surface area (Å²) in [6.45, 7) is 0.188. The average Bonchev–Trinajstić information content (AvgIpc) is 2.28. The molecule has 0 aliphatic carbocycles. The molecule has 1 aromatic rings. The fourth-order valence-electron chi connectivity index (χ4n) is 1.60. The summed E-state index contributed by atoms with van der Waals surface area (Å²) < 4.78 is 18.2. The van der Waals surface area contributed by atoms with Crippen LogP contribution in [0, 0.1) is 18.2 Å².